The number of pyridine rings is 1. The summed E-state index contributed by atoms with van der Waals surface area (Å²) in [6.07, 6.45) is 1.84. The van der Waals surface area contributed by atoms with Crippen LogP contribution in [0.3, 0.4) is 0 Å². The highest BCUT2D eigenvalue weighted by Crippen LogP contribution is 2.24. The van der Waals surface area contributed by atoms with Gasteiger partial charge in [0.2, 0.25) is 0 Å². The molecule has 1 aliphatic rings. The number of carbonyl (C=O) groups is 1. The highest BCUT2D eigenvalue weighted by atomic mass is 16.5. The van der Waals surface area contributed by atoms with Crippen molar-refractivity contribution in [3.63, 3.8) is 0 Å². The number of likely N-dealkylation sites (tertiary alicyclic amines) is 1. The number of nitrogens with one attached hydrogen (secondary N) is 1. The molecule has 0 radical (unpaired) electrons. The summed E-state index contributed by atoms with van der Waals surface area (Å²) in [5.74, 6) is 1.57. The monoisotopic (exact) mass is 398 g/mol. The van der Waals surface area contributed by atoms with Gasteiger partial charge in [-0.25, -0.2) is 14.7 Å². The molecule has 3 heterocycles. The molecule has 2 unspecified atom stereocenters. The van der Waals surface area contributed by atoms with Crippen molar-refractivity contribution in [3.05, 3.63) is 41.3 Å². The van der Waals surface area contributed by atoms with Crippen molar-refractivity contribution in [2.45, 2.75) is 34.2 Å². The predicted octanol–water partition coefficient (Wildman–Crippen LogP) is 2.09. The van der Waals surface area contributed by atoms with Crippen molar-refractivity contribution in [3.8, 4) is 5.82 Å². The van der Waals surface area contributed by atoms with Gasteiger partial charge in [0.05, 0.1) is 25.3 Å². The van der Waals surface area contributed by atoms with E-state index in [4.69, 9.17) is 9.73 Å². The van der Waals surface area contributed by atoms with Gasteiger partial charge in [0.25, 0.3) is 0 Å². The number of methoxy groups -OCH3 is 1. The first kappa shape index (κ1) is 20.8. The van der Waals surface area contributed by atoms with Crippen LogP contribution < -0.4 is 5.32 Å². The van der Waals surface area contributed by atoms with Gasteiger partial charge in [-0.2, -0.15) is 5.10 Å². The second-order valence-corrected chi connectivity index (χ2v) is 7.55. The van der Waals surface area contributed by atoms with E-state index in [1.54, 1.807) is 0 Å². The minimum atomic E-state index is -0.153. The lowest BCUT2D eigenvalue weighted by Crippen LogP contribution is -2.40. The molecule has 0 spiro atoms. The van der Waals surface area contributed by atoms with Gasteiger partial charge in [-0.15, -0.1) is 0 Å². The van der Waals surface area contributed by atoms with Crippen molar-refractivity contribution in [2.24, 2.45) is 16.8 Å². The highest BCUT2D eigenvalue weighted by molar-refractivity contribution is 5.82. The fourth-order valence-corrected chi connectivity index (χ4v) is 3.69. The highest BCUT2D eigenvalue weighted by Gasteiger charge is 2.36. The largest absolute Gasteiger partial charge is 0.469 e. The fraction of sp³-hybridized carbons (Fsp3) is 0.524. The molecule has 1 aliphatic heterocycles. The number of aromatic nitrogens is 3. The van der Waals surface area contributed by atoms with Crippen LogP contribution in [0.2, 0.25) is 0 Å². The number of hydrogen-bond donors (Lipinski definition) is 1. The van der Waals surface area contributed by atoms with Crippen LogP contribution >= 0.6 is 0 Å². The number of aryl methyl sites for hydroxylation is 2. The van der Waals surface area contributed by atoms with E-state index in [9.17, 15) is 4.79 Å². The molecule has 0 aromatic carbocycles. The van der Waals surface area contributed by atoms with Crippen LogP contribution in [-0.4, -0.2) is 58.3 Å². The molecule has 1 saturated heterocycles. The van der Waals surface area contributed by atoms with Crippen molar-refractivity contribution in [1.82, 2.24) is 25.0 Å². The molecule has 1 fully saturated rings. The molecule has 3 rings (SSSR count). The number of ether oxygens (including phenoxy) is 1. The molecule has 0 amide bonds. The summed E-state index contributed by atoms with van der Waals surface area (Å²) in [6.45, 7) is 10.8. The fourth-order valence-electron chi connectivity index (χ4n) is 3.69. The van der Waals surface area contributed by atoms with Gasteiger partial charge in [0, 0.05) is 31.5 Å². The zero-order chi connectivity index (χ0) is 21.0. The summed E-state index contributed by atoms with van der Waals surface area (Å²) in [6, 6.07) is 6.01. The first-order valence-electron chi connectivity index (χ1n) is 10.0. The van der Waals surface area contributed by atoms with E-state index < -0.39 is 0 Å². The van der Waals surface area contributed by atoms with Gasteiger partial charge >= 0.3 is 5.97 Å². The summed E-state index contributed by atoms with van der Waals surface area (Å²) >= 11 is 0. The molecular formula is C21H30N6O2. The average Bonchev–Trinajstić information content (AvgIpc) is 3.26. The van der Waals surface area contributed by atoms with Crippen molar-refractivity contribution >= 4 is 11.9 Å². The number of carbonyl (C=O) groups excluding carboxylic acids is 1. The van der Waals surface area contributed by atoms with Gasteiger partial charge in [0.1, 0.15) is 0 Å². The van der Waals surface area contributed by atoms with Crippen LogP contribution in [0.15, 0.2) is 29.4 Å². The minimum Gasteiger partial charge on any atom is -0.469 e. The van der Waals surface area contributed by atoms with Crippen molar-refractivity contribution in [1.29, 1.82) is 0 Å². The van der Waals surface area contributed by atoms with Crippen molar-refractivity contribution < 1.29 is 9.53 Å². The first-order chi connectivity index (χ1) is 13.9. The quantitative estimate of drug-likeness (QED) is 0.472. The van der Waals surface area contributed by atoms with E-state index in [0.29, 0.717) is 13.1 Å². The number of guanidine groups is 1. The van der Waals surface area contributed by atoms with E-state index in [-0.39, 0.29) is 17.8 Å². The van der Waals surface area contributed by atoms with E-state index in [1.807, 2.05) is 49.8 Å². The summed E-state index contributed by atoms with van der Waals surface area (Å²) in [5.41, 5.74) is 3.04. The van der Waals surface area contributed by atoms with E-state index >= 15 is 0 Å². The van der Waals surface area contributed by atoms with Gasteiger partial charge in [-0.3, -0.25) is 4.79 Å². The second kappa shape index (κ2) is 9.07. The molecule has 2 aromatic rings. The Hall–Kier alpha value is -2.90. The topological polar surface area (TPSA) is 84.6 Å². The van der Waals surface area contributed by atoms with Crippen LogP contribution in [0.1, 0.15) is 30.8 Å². The second-order valence-electron chi connectivity index (χ2n) is 7.55. The predicted molar refractivity (Wildman–Crippen MR) is 112 cm³/mol. The summed E-state index contributed by atoms with van der Waals surface area (Å²) in [5, 5.41) is 7.80. The smallest absolute Gasteiger partial charge is 0.310 e. The lowest BCUT2D eigenvalue weighted by atomic mass is 9.99. The Labute approximate surface area is 172 Å². The van der Waals surface area contributed by atoms with Crippen LogP contribution in [-0.2, 0) is 16.1 Å². The van der Waals surface area contributed by atoms with Crippen LogP contribution in [0.4, 0.5) is 0 Å². The SMILES string of the molecule is CCNC(=NCc1ccc(-n2nc(C)cc2C)nc1)N1CC(C)C(C(=O)OC)C1. The van der Waals surface area contributed by atoms with Crippen LogP contribution in [0.5, 0.6) is 0 Å². The minimum absolute atomic E-state index is 0.120. The molecule has 1 N–H and O–H groups in total. The molecule has 8 heteroatoms. The summed E-state index contributed by atoms with van der Waals surface area (Å²) < 4.78 is 6.78. The zero-order valence-corrected chi connectivity index (χ0v) is 17.8. The van der Waals surface area contributed by atoms with Crippen LogP contribution in [0.25, 0.3) is 5.82 Å². The normalized spacial score (nSPS) is 19.5. The van der Waals surface area contributed by atoms with Crippen LogP contribution in [0, 0.1) is 25.7 Å². The first-order valence-corrected chi connectivity index (χ1v) is 10.0. The molecule has 0 bridgehead atoms. The molecule has 2 atom stereocenters. The third-order valence-corrected chi connectivity index (χ3v) is 5.20. The van der Waals surface area contributed by atoms with Gasteiger partial charge in [-0.1, -0.05) is 13.0 Å². The third-order valence-electron chi connectivity index (χ3n) is 5.20. The Morgan fingerprint density at radius 3 is 2.72 bits per heavy atom. The van der Waals surface area contributed by atoms with Gasteiger partial charge in [0.15, 0.2) is 11.8 Å². The van der Waals surface area contributed by atoms with Gasteiger partial charge in [-0.05, 0) is 44.4 Å². The maximum Gasteiger partial charge on any atom is 0.310 e. The van der Waals surface area contributed by atoms with E-state index in [0.717, 1.165) is 41.8 Å². The molecule has 29 heavy (non-hydrogen) atoms. The zero-order valence-electron chi connectivity index (χ0n) is 17.8. The lowest BCUT2D eigenvalue weighted by molar-refractivity contribution is -0.145. The molecule has 2 aromatic heterocycles. The summed E-state index contributed by atoms with van der Waals surface area (Å²) in [4.78, 5) is 23.4. The molecule has 0 saturated carbocycles. The van der Waals surface area contributed by atoms with Crippen molar-refractivity contribution in [2.75, 3.05) is 26.7 Å². The number of nitrogens with zero attached hydrogens (tertiary/aromatic N) is 5. The van der Waals surface area contributed by atoms with Gasteiger partial charge < -0.3 is 15.0 Å². The number of hydrogen-bond acceptors (Lipinski definition) is 5. The molecule has 156 valence electrons. The Balaban J connectivity index is 1.70. The summed E-state index contributed by atoms with van der Waals surface area (Å²) in [7, 11) is 1.44. The number of rotatable bonds is 5. The van der Waals surface area contributed by atoms with E-state index in [2.05, 4.69) is 27.2 Å². The standard InChI is InChI=1S/C21H30N6O2/c1-6-22-21(26-12-14(2)18(13-26)20(28)29-5)24-11-17-7-8-19(23-10-17)27-16(4)9-15(3)25-27/h7-10,14,18H,6,11-13H2,1-5H3,(H,22,24). The Kier molecular flexibility index (Phi) is 6.51. The lowest BCUT2D eigenvalue weighted by Gasteiger charge is -2.21. The maximum atomic E-state index is 12.0. The average molecular weight is 399 g/mol. The molecule has 8 nitrogen and oxygen atoms in total. The molecule has 0 aliphatic carbocycles. The number of esters is 1. The Morgan fingerprint density at radius 1 is 1.34 bits per heavy atom. The number of aliphatic imine (C=N–C) groups is 1. The Morgan fingerprint density at radius 2 is 2.14 bits per heavy atom. The van der Waals surface area contributed by atoms with E-state index in [1.165, 1.54) is 7.11 Å². The molecular weight excluding hydrogens is 368 g/mol. The maximum absolute atomic E-state index is 12.0. The third kappa shape index (κ3) is 4.75. The Bertz CT molecular complexity index is 874.